The van der Waals surface area contributed by atoms with Crippen molar-refractivity contribution in [2.75, 3.05) is 26.1 Å². The summed E-state index contributed by atoms with van der Waals surface area (Å²) in [6, 6.07) is 14.6. The van der Waals surface area contributed by atoms with E-state index >= 15 is 0 Å². The van der Waals surface area contributed by atoms with Gasteiger partial charge in [0.15, 0.2) is 5.17 Å². The van der Waals surface area contributed by atoms with Crippen LogP contribution in [0.4, 0.5) is 11.4 Å². The maximum absolute atomic E-state index is 12.9. The molecule has 0 radical (unpaired) electrons. The Morgan fingerprint density at radius 1 is 1.15 bits per heavy atom. The smallest absolute Gasteiger partial charge is 0.238 e. The van der Waals surface area contributed by atoms with Crippen LogP contribution in [0.5, 0.6) is 11.5 Å². The van der Waals surface area contributed by atoms with Gasteiger partial charge in [0.2, 0.25) is 11.8 Å². The minimum atomic E-state index is -0.562. The second-order valence-corrected chi connectivity index (χ2v) is 8.95. The monoisotopic (exact) mass is 469 g/mol. The molecule has 1 N–H and O–H groups in total. The van der Waals surface area contributed by atoms with Crippen LogP contribution >= 0.6 is 11.8 Å². The topological polar surface area (TPSA) is 80.2 Å². The molecule has 0 aromatic heterocycles. The lowest BCUT2D eigenvalue weighted by molar-refractivity contribution is -0.128. The molecule has 33 heavy (non-hydrogen) atoms. The van der Waals surface area contributed by atoms with E-state index in [1.165, 1.54) is 35.9 Å². The highest BCUT2D eigenvalue weighted by Crippen LogP contribution is 2.30. The van der Waals surface area contributed by atoms with Gasteiger partial charge in [-0.25, -0.2) is 4.99 Å². The van der Waals surface area contributed by atoms with Crippen LogP contribution < -0.4 is 14.8 Å². The Hall–Kier alpha value is -3.00. The highest BCUT2D eigenvalue weighted by molar-refractivity contribution is 8.15. The third kappa shape index (κ3) is 7.25. The number of carbonyl (C=O) groups excluding carboxylic acids is 2. The zero-order valence-electron chi connectivity index (χ0n) is 19.4. The average molecular weight is 470 g/mol. The second kappa shape index (κ2) is 12.3. The number of ether oxygens (including phenoxy) is 2. The molecule has 176 valence electrons. The highest BCUT2D eigenvalue weighted by Gasteiger charge is 2.34. The van der Waals surface area contributed by atoms with Gasteiger partial charge in [-0.1, -0.05) is 44.0 Å². The van der Waals surface area contributed by atoms with E-state index < -0.39 is 5.25 Å². The summed E-state index contributed by atoms with van der Waals surface area (Å²) in [4.78, 5) is 31.4. The van der Waals surface area contributed by atoms with Gasteiger partial charge in [-0.05, 0) is 42.8 Å². The average Bonchev–Trinajstić information content (AvgIpc) is 2.83. The van der Waals surface area contributed by atoms with Gasteiger partial charge in [-0.3, -0.25) is 14.5 Å². The van der Waals surface area contributed by atoms with Crippen molar-refractivity contribution in [3.63, 3.8) is 0 Å². The van der Waals surface area contributed by atoms with E-state index in [-0.39, 0.29) is 18.2 Å². The fourth-order valence-electron chi connectivity index (χ4n) is 3.26. The molecular weight excluding hydrogens is 438 g/mol. The molecule has 1 unspecified atom stereocenters. The summed E-state index contributed by atoms with van der Waals surface area (Å²) in [7, 11) is 3.26. The third-order valence-corrected chi connectivity index (χ3v) is 6.47. The summed E-state index contributed by atoms with van der Waals surface area (Å²) in [6.07, 6.45) is 4.73. The van der Waals surface area contributed by atoms with Crippen LogP contribution in [0.25, 0.3) is 0 Å². The first kappa shape index (κ1) is 24.6. The maximum atomic E-state index is 12.9. The molecule has 1 aliphatic rings. The van der Waals surface area contributed by atoms with Crippen LogP contribution in [-0.4, -0.2) is 47.9 Å². The summed E-state index contributed by atoms with van der Waals surface area (Å²) in [5.74, 6) is 1.07. The zero-order valence-corrected chi connectivity index (χ0v) is 20.2. The Kier molecular flexibility index (Phi) is 9.18. The largest absolute Gasteiger partial charge is 0.497 e. The van der Waals surface area contributed by atoms with E-state index in [0.29, 0.717) is 28.9 Å². The Morgan fingerprint density at radius 3 is 2.67 bits per heavy atom. The van der Waals surface area contributed by atoms with Gasteiger partial charge in [-0.15, -0.1) is 0 Å². The molecule has 1 saturated heterocycles. The normalized spacial score (nSPS) is 17.2. The molecule has 1 atom stereocenters. The van der Waals surface area contributed by atoms with Crippen molar-refractivity contribution in [1.29, 1.82) is 0 Å². The summed E-state index contributed by atoms with van der Waals surface area (Å²) < 4.78 is 11.0. The van der Waals surface area contributed by atoms with Crippen LogP contribution in [0.15, 0.2) is 53.5 Å². The van der Waals surface area contributed by atoms with Crippen LogP contribution in [-0.2, 0) is 9.59 Å². The molecule has 2 aromatic carbocycles. The van der Waals surface area contributed by atoms with E-state index in [2.05, 4.69) is 17.2 Å². The van der Waals surface area contributed by atoms with Gasteiger partial charge in [0.25, 0.3) is 0 Å². The Labute approximate surface area is 199 Å². The number of nitrogens with one attached hydrogen (secondary N) is 1. The van der Waals surface area contributed by atoms with Gasteiger partial charge in [-0.2, -0.15) is 0 Å². The van der Waals surface area contributed by atoms with Gasteiger partial charge < -0.3 is 14.8 Å². The summed E-state index contributed by atoms with van der Waals surface area (Å²) in [5, 5.41) is 2.82. The van der Waals surface area contributed by atoms with Crippen molar-refractivity contribution < 1.29 is 19.1 Å². The number of methoxy groups -OCH3 is 1. The van der Waals surface area contributed by atoms with E-state index in [9.17, 15) is 9.59 Å². The van der Waals surface area contributed by atoms with Crippen molar-refractivity contribution in [2.45, 2.75) is 44.3 Å². The van der Waals surface area contributed by atoms with Crippen molar-refractivity contribution in [3.05, 3.63) is 48.5 Å². The molecule has 0 saturated carbocycles. The number of aliphatic imine (C=N–C) groups is 1. The van der Waals surface area contributed by atoms with Crippen molar-refractivity contribution in [2.24, 2.45) is 4.99 Å². The fraction of sp³-hybridized carbons (Fsp3) is 0.400. The van der Waals surface area contributed by atoms with Gasteiger partial charge in [0.1, 0.15) is 16.7 Å². The Morgan fingerprint density at radius 2 is 1.94 bits per heavy atom. The molecule has 7 nitrogen and oxygen atoms in total. The number of hydrogen-bond acceptors (Lipinski definition) is 6. The number of amidine groups is 1. The number of thioether (sulfide) groups is 1. The molecule has 0 aliphatic carbocycles. The third-order valence-electron chi connectivity index (χ3n) is 5.23. The lowest BCUT2D eigenvalue weighted by Crippen LogP contribution is -2.43. The molecule has 8 heteroatoms. The van der Waals surface area contributed by atoms with Crippen LogP contribution in [0.1, 0.15) is 39.0 Å². The van der Waals surface area contributed by atoms with Crippen LogP contribution in [0.2, 0.25) is 0 Å². The quantitative estimate of drug-likeness (QED) is 0.481. The first-order valence-corrected chi connectivity index (χ1v) is 12.1. The summed E-state index contributed by atoms with van der Waals surface area (Å²) in [5.41, 5.74) is 1.32. The van der Waals surface area contributed by atoms with Crippen molar-refractivity contribution in [3.8, 4) is 11.5 Å². The first-order valence-electron chi connectivity index (χ1n) is 11.2. The van der Waals surface area contributed by atoms with E-state index in [1.807, 2.05) is 42.5 Å². The number of carbonyl (C=O) groups is 2. The number of nitrogens with zero attached hydrogens (tertiary/aromatic N) is 2. The standard InChI is InChI=1S/C25H31N3O4S/c1-4-5-6-7-15-32-20-13-11-18(12-14-20)26-24(30)22-17-23(29)28(2)25(33-22)27-19-9-8-10-21(16-19)31-3/h8-14,16,22H,4-7,15,17H2,1-3H3,(H,26,30). The number of unbranched alkanes of at least 4 members (excludes halogenated alkanes) is 3. The Bertz CT molecular complexity index is 978. The van der Waals surface area contributed by atoms with E-state index in [0.717, 1.165) is 12.2 Å². The maximum Gasteiger partial charge on any atom is 0.238 e. The SMILES string of the molecule is CCCCCCOc1ccc(NC(=O)C2CC(=O)N(C)C(=Nc3cccc(OC)c3)S2)cc1. The fourth-order valence-corrected chi connectivity index (χ4v) is 4.33. The lowest BCUT2D eigenvalue weighted by Gasteiger charge is -2.28. The summed E-state index contributed by atoms with van der Waals surface area (Å²) >= 11 is 1.28. The zero-order chi connectivity index (χ0) is 23.6. The number of amides is 2. The number of rotatable bonds is 10. The molecule has 2 amide bonds. The first-order chi connectivity index (χ1) is 16.0. The molecule has 3 rings (SSSR count). The molecule has 1 heterocycles. The van der Waals surface area contributed by atoms with Crippen LogP contribution in [0.3, 0.4) is 0 Å². The van der Waals surface area contributed by atoms with E-state index in [1.54, 1.807) is 20.2 Å². The molecular formula is C25H31N3O4S. The summed E-state index contributed by atoms with van der Waals surface area (Å²) in [6.45, 7) is 2.87. The van der Waals surface area contributed by atoms with Crippen molar-refractivity contribution in [1.82, 2.24) is 4.90 Å². The number of anilines is 1. The minimum absolute atomic E-state index is 0.114. The van der Waals surface area contributed by atoms with Crippen molar-refractivity contribution >= 4 is 40.1 Å². The molecule has 0 bridgehead atoms. The lowest BCUT2D eigenvalue weighted by atomic mass is 10.2. The molecule has 2 aromatic rings. The predicted octanol–water partition coefficient (Wildman–Crippen LogP) is 5.24. The highest BCUT2D eigenvalue weighted by atomic mass is 32.2. The van der Waals surface area contributed by atoms with Gasteiger partial charge in [0, 0.05) is 25.2 Å². The molecule has 1 aliphatic heterocycles. The molecule has 0 spiro atoms. The van der Waals surface area contributed by atoms with Gasteiger partial charge >= 0.3 is 0 Å². The minimum Gasteiger partial charge on any atom is -0.497 e. The van der Waals surface area contributed by atoms with Gasteiger partial charge in [0.05, 0.1) is 19.4 Å². The Balaban J connectivity index is 1.60. The second-order valence-electron chi connectivity index (χ2n) is 7.78. The predicted molar refractivity (Wildman–Crippen MR) is 134 cm³/mol. The molecule has 1 fully saturated rings. The number of hydrogen-bond donors (Lipinski definition) is 1. The number of benzene rings is 2. The van der Waals surface area contributed by atoms with Crippen LogP contribution in [0, 0.1) is 0 Å². The van der Waals surface area contributed by atoms with E-state index in [4.69, 9.17) is 9.47 Å².